The van der Waals surface area contributed by atoms with Gasteiger partial charge in [-0.15, -0.1) is 0 Å². The van der Waals surface area contributed by atoms with Crippen LogP contribution < -0.4 is 5.32 Å². The summed E-state index contributed by atoms with van der Waals surface area (Å²) in [6, 6.07) is 3.76. The molecule has 1 unspecified atom stereocenters. The van der Waals surface area contributed by atoms with E-state index in [0.717, 1.165) is 31.8 Å². The van der Waals surface area contributed by atoms with E-state index in [0.29, 0.717) is 23.1 Å². The van der Waals surface area contributed by atoms with Crippen molar-refractivity contribution in [1.29, 1.82) is 5.26 Å². The number of rotatable bonds is 2. The number of piperidine rings is 1. The Bertz CT molecular complexity index is 573. The van der Waals surface area contributed by atoms with E-state index in [1.807, 2.05) is 0 Å². The van der Waals surface area contributed by atoms with Crippen molar-refractivity contribution in [1.82, 2.24) is 20.4 Å². The summed E-state index contributed by atoms with van der Waals surface area (Å²) in [5.74, 6) is 1.50. The zero-order valence-corrected chi connectivity index (χ0v) is 9.81. The summed E-state index contributed by atoms with van der Waals surface area (Å²) in [5.41, 5.74) is 1.25. The molecule has 0 aliphatic carbocycles. The molecule has 1 aliphatic rings. The third-order valence-electron chi connectivity index (χ3n) is 3.15. The van der Waals surface area contributed by atoms with Crippen molar-refractivity contribution in [2.24, 2.45) is 0 Å². The molecule has 1 fully saturated rings. The average molecular weight is 243 g/mol. The molecule has 0 amide bonds. The van der Waals surface area contributed by atoms with Crippen molar-refractivity contribution in [2.75, 3.05) is 13.1 Å². The highest BCUT2D eigenvalue weighted by Crippen LogP contribution is 2.23. The van der Waals surface area contributed by atoms with Gasteiger partial charge in [-0.2, -0.15) is 10.2 Å². The Balaban J connectivity index is 1.82. The van der Waals surface area contributed by atoms with E-state index in [9.17, 15) is 0 Å². The molecule has 0 aromatic carbocycles. The van der Waals surface area contributed by atoms with Gasteiger partial charge in [-0.1, -0.05) is 5.16 Å². The molecule has 1 aliphatic heterocycles. The van der Waals surface area contributed by atoms with E-state index in [-0.39, 0.29) is 0 Å². The van der Waals surface area contributed by atoms with Crippen LogP contribution >= 0.6 is 0 Å². The maximum Gasteiger partial charge on any atom is 0.274 e. The SMILES string of the molecule is N#Cc1c[nH]c(-c2nc(C3CCCNC3)no2)c1. The number of nitrogens with zero attached hydrogens (tertiary/aromatic N) is 3. The minimum Gasteiger partial charge on any atom is -0.356 e. The van der Waals surface area contributed by atoms with Gasteiger partial charge in [0.15, 0.2) is 5.82 Å². The highest BCUT2D eigenvalue weighted by molar-refractivity contribution is 5.51. The molecule has 18 heavy (non-hydrogen) atoms. The van der Waals surface area contributed by atoms with Crippen molar-refractivity contribution in [3.63, 3.8) is 0 Å². The van der Waals surface area contributed by atoms with Crippen molar-refractivity contribution in [3.05, 3.63) is 23.7 Å². The topological polar surface area (TPSA) is 90.5 Å². The smallest absolute Gasteiger partial charge is 0.274 e. The van der Waals surface area contributed by atoms with Crippen LogP contribution in [0.15, 0.2) is 16.8 Å². The van der Waals surface area contributed by atoms with Crippen molar-refractivity contribution < 1.29 is 4.52 Å². The van der Waals surface area contributed by atoms with Crippen LogP contribution in [-0.2, 0) is 0 Å². The molecule has 92 valence electrons. The Morgan fingerprint density at radius 1 is 1.50 bits per heavy atom. The second-order valence-corrected chi connectivity index (χ2v) is 4.41. The first-order valence-electron chi connectivity index (χ1n) is 6.00. The average Bonchev–Trinajstić information content (AvgIpc) is 3.08. The maximum absolute atomic E-state index is 8.76. The molecule has 2 N–H and O–H groups in total. The largest absolute Gasteiger partial charge is 0.356 e. The number of hydrogen-bond acceptors (Lipinski definition) is 5. The van der Waals surface area contributed by atoms with E-state index in [1.165, 1.54) is 0 Å². The molecule has 0 bridgehead atoms. The van der Waals surface area contributed by atoms with E-state index in [4.69, 9.17) is 9.78 Å². The first-order valence-corrected chi connectivity index (χ1v) is 6.00. The minimum atomic E-state index is 0.321. The second kappa shape index (κ2) is 4.63. The lowest BCUT2D eigenvalue weighted by atomic mass is 9.99. The fraction of sp³-hybridized carbons (Fsp3) is 0.417. The lowest BCUT2D eigenvalue weighted by Gasteiger charge is -2.19. The van der Waals surface area contributed by atoms with Crippen LogP contribution in [0.25, 0.3) is 11.6 Å². The van der Waals surface area contributed by atoms with Crippen LogP contribution in [0.1, 0.15) is 30.1 Å². The fourth-order valence-corrected chi connectivity index (χ4v) is 2.16. The molecular weight excluding hydrogens is 230 g/mol. The fourth-order valence-electron chi connectivity index (χ4n) is 2.16. The highest BCUT2D eigenvalue weighted by Gasteiger charge is 2.21. The zero-order chi connectivity index (χ0) is 12.4. The molecule has 1 saturated heterocycles. The Morgan fingerprint density at radius 3 is 3.17 bits per heavy atom. The van der Waals surface area contributed by atoms with Gasteiger partial charge < -0.3 is 14.8 Å². The molecule has 0 saturated carbocycles. The van der Waals surface area contributed by atoms with Gasteiger partial charge >= 0.3 is 0 Å². The number of aromatic nitrogens is 3. The molecule has 3 heterocycles. The molecule has 2 aromatic rings. The molecule has 6 heteroatoms. The number of nitrogens with one attached hydrogen (secondary N) is 2. The molecule has 3 rings (SSSR count). The Kier molecular flexibility index (Phi) is 2.82. The number of hydrogen-bond donors (Lipinski definition) is 2. The molecule has 2 aromatic heterocycles. The quantitative estimate of drug-likeness (QED) is 0.832. The summed E-state index contributed by atoms with van der Waals surface area (Å²) in [7, 11) is 0. The molecule has 0 radical (unpaired) electrons. The highest BCUT2D eigenvalue weighted by atomic mass is 16.5. The van der Waals surface area contributed by atoms with Gasteiger partial charge in [0.05, 0.1) is 5.56 Å². The summed E-state index contributed by atoms with van der Waals surface area (Å²) >= 11 is 0. The predicted molar refractivity (Wildman–Crippen MR) is 63.6 cm³/mol. The molecule has 1 atom stereocenters. The first kappa shape index (κ1) is 11.0. The summed E-state index contributed by atoms with van der Waals surface area (Å²) in [4.78, 5) is 7.35. The van der Waals surface area contributed by atoms with Crippen molar-refractivity contribution in [2.45, 2.75) is 18.8 Å². The van der Waals surface area contributed by atoms with Gasteiger partial charge in [0.1, 0.15) is 11.8 Å². The summed E-state index contributed by atoms with van der Waals surface area (Å²) in [6.07, 6.45) is 3.84. The van der Waals surface area contributed by atoms with E-state index in [1.54, 1.807) is 12.3 Å². The second-order valence-electron chi connectivity index (χ2n) is 4.41. The zero-order valence-electron chi connectivity index (χ0n) is 9.81. The summed E-state index contributed by atoms with van der Waals surface area (Å²) in [6.45, 7) is 1.95. The lowest BCUT2D eigenvalue weighted by Crippen LogP contribution is -2.28. The Labute approximate surface area is 104 Å². The van der Waals surface area contributed by atoms with Crippen LogP contribution in [0.5, 0.6) is 0 Å². The van der Waals surface area contributed by atoms with Crippen LogP contribution in [0, 0.1) is 11.3 Å². The van der Waals surface area contributed by atoms with Crippen molar-refractivity contribution in [3.8, 4) is 17.7 Å². The van der Waals surface area contributed by atoms with Gasteiger partial charge in [0, 0.05) is 18.7 Å². The number of H-pyrrole nitrogens is 1. The van der Waals surface area contributed by atoms with Gasteiger partial charge in [0.2, 0.25) is 0 Å². The maximum atomic E-state index is 8.76. The minimum absolute atomic E-state index is 0.321. The van der Waals surface area contributed by atoms with Gasteiger partial charge in [0.25, 0.3) is 5.89 Å². The monoisotopic (exact) mass is 243 g/mol. The molecular formula is C12H13N5O. The number of aromatic amines is 1. The number of nitriles is 1. The normalized spacial score (nSPS) is 19.6. The van der Waals surface area contributed by atoms with E-state index < -0.39 is 0 Å². The van der Waals surface area contributed by atoms with Crippen LogP contribution in [0.2, 0.25) is 0 Å². The third-order valence-corrected chi connectivity index (χ3v) is 3.15. The summed E-state index contributed by atoms with van der Waals surface area (Å²) in [5, 5.41) is 16.1. The van der Waals surface area contributed by atoms with Crippen LogP contribution in [0.4, 0.5) is 0 Å². The Morgan fingerprint density at radius 2 is 2.44 bits per heavy atom. The lowest BCUT2D eigenvalue weighted by molar-refractivity contribution is 0.392. The predicted octanol–water partition coefficient (Wildman–Crippen LogP) is 1.40. The third kappa shape index (κ3) is 2.00. The van der Waals surface area contributed by atoms with Gasteiger partial charge in [-0.05, 0) is 25.5 Å². The van der Waals surface area contributed by atoms with E-state index in [2.05, 4.69) is 26.5 Å². The van der Waals surface area contributed by atoms with Gasteiger partial charge in [-0.25, -0.2) is 0 Å². The Hall–Kier alpha value is -2.13. The van der Waals surface area contributed by atoms with Crippen molar-refractivity contribution >= 4 is 0 Å². The molecule has 6 nitrogen and oxygen atoms in total. The van der Waals surface area contributed by atoms with Gasteiger partial charge in [-0.3, -0.25) is 0 Å². The standard InChI is InChI=1S/C12H13N5O/c13-5-8-4-10(15-6-8)12-16-11(17-18-12)9-2-1-3-14-7-9/h4,6,9,14-15H,1-3,7H2. The van der Waals surface area contributed by atoms with Crippen LogP contribution in [-0.4, -0.2) is 28.2 Å². The van der Waals surface area contributed by atoms with E-state index >= 15 is 0 Å². The molecule has 0 spiro atoms. The summed E-state index contributed by atoms with van der Waals surface area (Å²) < 4.78 is 5.23. The first-order chi connectivity index (χ1) is 8.86. The van der Waals surface area contributed by atoms with Crippen LogP contribution in [0.3, 0.4) is 0 Å².